The van der Waals surface area contributed by atoms with Crippen LogP contribution in [0.4, 0.5) is 0 Å². The summed E-state index contributed by atoms with van der Waals surface area (Å²) >= 11 is 5.76. The lowest BCUT2D eigenvalue weighted by atomic mass is 10.2. The summed E-state index contributed by atoms with van der Waals surface area (Å²) in [5, 5.41) is 12.3. The molecule has 2 rings (SSSR count). The Morgan fingerprint density at radius 1 is 1.19 bits per heavy atom. The quantitative estimate of drug-likeness (QED) is 0.528. The van der Waals surface area contributed by atoms with E-state index in [0.717, 1.165) is 10.3 Å². The van der Waals surface area contributed by atoms with Crippen LogP contribution in [0.25, 0.3) is 11.5 Å². The Balaban J connectivity index is 0.00000128. The van der Waals surface area contributed by atoms with Gasteiger partial charge in [0.2, 0.25) is 5.69 Å². The first-order valence-electron chi connectivity index (χ1n) is 4.55. The van der Waals surface area contributed by atoms with Gasteiger partial charge in [-0.25, -0.2) is 0 Å². The molecule has 1 heterocycles. The van der Waals surface area contributed by atoms with Gasteiger partial charge in [-0.15, -0.1) is 4.73 Å². The van der Waals surface area contributed by atoms with E-state index < -0.39 is 0 Å². The molecule has 1 aromatic heterocycles. The Bertz CT molecular complexity index is 491. The molecular formula is C11H10Cl2NO2-. The summed E-state index contributed by atoms with van der Waals surface area (Å²) in [4.78, 5) is 0. The molecule has 0 aliphatic carbocycles. The molecule has 0 amide bonds. The van der Waals surface area contributed by atoms with Crippen molar-refractivity contribution in [2.75, 3.05) is 0 Å². The van der Waals surface area contributed by atoms with Crippen LogP contribution >= 0.6 is 11.6 Å². The summed E-state index contributed by atoms with van der Waals surface area (Å²) < 4.78 is 6.17. The van der Waals surface area contributed by atoms with Gasteiger partial charge < -0.3 is 22.0 Å². The minimum absolute atomic E-state index is 0. The lowest BCUT2D eigenvalue weighted by molar-refractivity contribution is -0.602. The van der Waals surface area contributed by atoms with E-state index in [1.54, 1.807) is 38.1 Å². The number of nitrogens with zero attached hydrogens (tertiary/aromatic N) is 1. The molecule has 0 aliphatic heterocycles. The van der Waals surface area contributed by atoms with E-state index in [1.807, 2.05) is 0 Å². The van der Waals surface area contributed by atoms with Crippen molar-refractivity contribution in [3.8, 4) is 11.5 Å². The van der Waals surface area contributed by atoms with E-state index in [1.165, 1.54) is 0 Å². The van der Waals surface area contributed by atoms with Crippen molar-refractivity contribution in [2.45, 2.75) is 13.8 Å². The molecule has 0 atom stereocenters. The molecule has 0 unspecified atom stereocenters. The maximum Gasteiger partial charge on any atom is 0.392 e. The zero-order valence-corrected chi connectivity index (χ0v) is 10.3. The molecule has 2 aromatic rings. The Labute approximate surface area is 105 Å². The highest BCUT2D eigenvalue weighted by Crippen LogP contribution is 2.21. The van der Waals surface area contributed by atoms with Gasteiger partial charge in [0.25, 0.3) is 0 Å². The number of aromatic nitrogens is 1. The molecule has 0 N–H and O–H groups in total. The van der Waals surface area contributed by atoms with E-state index in [-0.39, 0.29) is 12.4 Å². The van der Waals surface area contributed by atoms with Gasteiger partial charge in [0, 0.05) is 18.9 Å². The maximum absolute atomic E-state index is 11.7. The molecule has 0 saturated heterocycles. The smallest absolute Gasteiger partial charge is 0.392 e. The summed E-state index contributed by atoms with van der Waals surface area (Å²) in [5.74, 6) is 0.941. The molecule has 86 valence electrons. The first-order chi connectivity index (χ1) is 7.09. The predicted molar refractivity (Wildman–Crippen MR) is 57.6 cm³/mol. The first kappa shape index (κ1) is 12.9. The second kappa shape index (κ2) is 4.76. The number of halogens is 2. The number of oxazole rings is 1. The second-order valence-corrected chi connectivity index (χ2v) is 3.79. The van der Waals surface area contributed by atoms with Gasteiger partial charge in [-0.2, -0.15) is 0 Å². The lowest BCUT2D eigenvalue weighted by Gasteiger charge is -1.97. The van der Waals surface area contributed by atoms with Crippen LogP contribution < -0.4 is 17.1 Å². The summed E-state index contributed by atoms with van der Waals surface area (Å²) in [6.45, 7) is 3.49. The number of hydrogen-bond acceptors (Lipinski definition) is 2. The van der Waals surface area contributed by atoms with Crippen LogP contribution in [0.3, 0.4) is 0 Å². The van der Waals surface area contributed by atoms with E-state index in [4.69, 9.17) is 16.0 Å². The summed E-state index contributed by atoms with van der Waals surface area (Å²) in [5.41, 5.74) is 1.31. The van der Waals surface area contributed by atoms with Crippen LogP contribution in [0.5, 0.6) is 0 Å². The fourth-order valence-electron chi connectivity index (χ4n) is 1.32. The molecule has 0 fully saturated rings. The maximum atomic E-state index is 11.7. The van der Waals surface area contributed by atoms with Crippen LogP contribution in [-0.4, -0.2) is 0 Å². The lowest BCUT2D eigenvalue weighted by Crippen LogP contribution is -3.00. The Morgan fingerprint density at radius 3 is 2.19 bits per heavy atom. The van der Waals surface area contributed by atoms with Gasteiger partial charge in [-0.05, 0) is 24.3 Å². The molecular weight excluding hydrogens is 249 g/mol. The van der Waals surface area contributed by atoms with Gasteiger partial charge >= 0.3 is 5.89 Å². The van der Waals surface area contributed by atoms with Gasteiger partial charge in [-0.1, -0.05) is 11.6 Å². The van der Waals surface area contributed by atoms with Crippen molar-refractivity contribution in [3.05, 3.63) is 45.9 Å². The van der Waals surface area contributed by atoms with Gasteiger partial charge in [0.1, 0.15) is 0 Å². The second-order valence-electron chi connectivity index (χ2n) is 3.35. The SMILES string of the molecule is Cc1oc(-c2ccc(Cl)cc2)[n+]([O-])c1C.[Cl-]. The minimum atomic E-state index is 0. The highest BCUT2D eigenvalue weighted by molar-refractivity contribution is 6.30. The molecule has 0 saturated carbocycles. The third kappa shape index (κ3) is 2.15. The number of hydrogen-bond donors (Lipinski definition) is 0. The van der Waals surface area contributed by atoms with Gasteiger partial charge in [0.15, 0.2) is 5.76 Å². The topological polar surface area (TPSA) is 40.1 Å². The van der Waals surface area contributed by atoms with Crippen molar-refractivity contribution < 1.29 is 21.6 Å². The number of rotatable bonds is 1. The molecule has 3 nitrogen and oxygen atoms in total. The number of benzene rings is 1. The van der Waals surface area contributed by atoms with Crippen LogP contribution in [0.1, 0.15) is 11.5 Å². The van der Waals surface area contributed by atoms with Crippen LogP contribution in [0, 0.1) is 19.1 Å². The highest BCUT2D eigenvalue weighted by atomic mass is 35.5. The van der Waals surface area contributed by atoms with Crippen LogP contribution in [-0.2, 0) is 0 Å². The molecule has 0 radical (unpaired) electrons. The largest absolute Gasteiger partial charge is 1.00 e. The van der Waals surface area contributed by atoms with Gasteiger partial charge in [0.05, 0.1) is 5.56 Å². The minimum Gasteiger partial charge on any atom is -1.00 e. The van der Waals surface area contributed by atoms with E-state index >= 15 is 0 Å². The predicted octanol–water partition coefficient (Wildman–Crippen LogP) is -0.146. The third-order valence-electron chi connectivity index (χ3n) is 2.34. The fraction of sp³-hybridized carbons (Fsp3) is 0.182. The van der Waals surface area contributed by atoms with Crippen LogP contribution in [0.15, 0.2) is 28.7 Å². The van der Waals surface area contributed by atoms with Crippen LogP contribution in [0.2, 0.25) is 5.02 Å². The van der Waals surface area contributed by atoms with E-state index in [0.29, 0.717) is 22.4 Å². The van der Waals surface area contributed by atoms with Crippen molar-refractivity contribution in [2.24, 2.45) is 0 Å². The number of aryl methyl sites for hydroxylation is 1. The zero-order chi connectivity index (χ0) is 11.0. The molecule has 16 heavy (non-hydrogen) atoms. The fourth-order valence-corrected chi connectivity index (χ4v) is 1.45. The molecule has 0 aliphatic rings. The Kier molecular flexibility index (Phi) is 3.83. The standard InChI is InChI=1S/C11H10ClNO2.ClH/c1-7-8(2)15-11(13(7)14)9-3-5-10(12)6-4-9;/h3-6H,1-2H3;1H/p-1. The Hall–Kier alpha value is -1.19. The summed E-state index contributed by atoms with van der Waals surface area (Å²) in [6.07, 6.45) is 0. The molecule has 5 heteroatoms. The third-order valence-corrected chi connectivity index (χ3v) is 2.59. The highest BCUT2D eigenvalue weighted by Gasteiger charge is 2.19. The average Bonchev–Trinajstić information content (AvgIpc) is 2.47. The average molecular weight is 259 g/mol. The van der Waals surface area contributed by atoms with E-state index in [9.17, 15) is 5.21 Å². The Morgan fingerprint density at radius 2 is 1.75 bits per heavy atom. The monoisotopic (exact) mass is 258 g/mol. The zero-order valence-electron chi connectivity index (χ0n) is 8.83. The molecule has 0 bridgehead atoms. The van der Waals surface area contributed by atoms with Crippen molar-refractivity contribution in [3.63, 3.8) is 0 Å². The van der Waals surface area contributed by atoms with E-state index in [2.05, 4.69) is 0 Å². The van der Waals surface area contributed by atoms with Crippen molar-refractivity contribution in [1.29, 1.82) is 0 Å². The van der Waals surface area contributed by atoms with Gasteiger partial charge in [-0.3, -0.25) is 0 Å². The normalized spacial score (nSPS) is 9.94. The van der Waals surface area contributed by atoms with Crippen molar-refractivity contribution >= 4 is 11.6 Å². The summed E-state index contributed by atoms with van der Waals surface area (Å²) in [6, 6.07) is 6.97. The first-order valence-corrected chi connectivity index (χ1v) is 4.93. The molecule has 0 spiro atoms. The molecule has 1 aromatic carbocycles. The van der Waals surface area contributed by atoms with Crippen molar-refractivity contribution in [1.82, 2.24) is 0 Å². The summed E-state index contributed by atoms with van der Waals surface area (Å²) in [7, 11) is 0.